The van der Waals surface area contributed by atoms with Crippen LogP contribution in [-0.2, 0) is 16.0 Å². The van der Waals surface area contributed by atoms with Gasteiger partial charge in [-0.1, -0.05) is 35.9 Å². The van der Waals surface area contributed by atoms with Crippen LogP contribution in [-0.4, -0.2) is 30.0 Å². The van der Waals surface area contributed by atoms with Gasteiger partial charge < -0.3 is 10.1 Å². The summed E-state index contributed by atoms with van der Waals surface area (Å²) in [6, 6.07) is 12.1. The molecule has 5 nitrogen and oxygen atoms in total. The maximum atomic E-state index is 12.2. The first-order chi connectivity index (χ1) is 10.6. The molecule has 0 fully saturated rings. The molecule has 114 valence electrons. The number of nitrogens with one attached hydrogen (secondary N) is 1. The molecule has 1 N–H and O–H groups in total. The molecule has 0 aliphatic heterocycles. The summed E-state index contributed by atoms with van der Waals surface area (Å²) in [5, 5.41) is 2.68. The molecule has 1 heterocycles. The molecule has 22 heavy (non-hydrogen) atoms. The zero-order chi connectivity index (χ0) is 15.9. The Labute approximate surface area is 129 Å². The Hall–Kier alpha value is -2.69. The topological polar surface area (TPSA) is 68.3 Å². The van der Waals surface area contributed by atoms with Crippen LogP contribution in [0.2, 0.25) is 0 Å². The molecule has 0 aliphatic carbocycles. The maximum Gasteiger partial charge on any atom is 0.328 e. The van der Waals surface area contributed by atoms with E-state index < -0.39 is 17.9 Å². The molecule has 1 amide bonds. The van der Waals surface area contributed by atoms with Crippen molar-refractivity contribution in [3.8, 4) is 0 Å². The van der Waals surface area contributed by atoms with E-state index in [2.05, 4.69) is 10.3 Å². The normalized spacial score (nSPS) is 11.5. The van der Waals surface area contributed by atoms with Crippen molar-refractivity contribution < 1.29 is 14.3 Å². The minimum Gasteiger partial charge on any atom is -0.467 e. The Morgan fingerprint density at radius 2 is 2.05 bits per heavy atom. The van der Waals surface area contributed by atoms with E-state index in [1.54, 1.807) is 18.2 Å². The number of carbonyl (C=O) groups is 2. The fraction of sp³-hybridized carbons (Fsp3) is 0.235. The van der Waals surface area contributed by atoms with Gasteiger partial charge >= 0.3 is 5.97 Å². The van der Waals surface area contributed by atoms with Gasteiger partial charge in [0.25, 0.3) is 5.91 Å². The smallest absolute Gasteiger partial charge is 0.328 e. The lowest BCUT2D eigenvalue weighted by molar-refractivity contribution is -0.142. The van der Waals surface area contributed by atoms with Gasteiger partial charge in [0.2, 0.25) is 0 Å². The zero-order valence-electron chi connectivity index (χ0n) is 12.6. The minimum atomic E-state index is -0.749. The fourth-order valence-corrected chi connectivity index (χ4v) is 2.14. The van der Waals surface area contributed by atoms with E-state index in [-0.39, 0.29) is 5.69 Å². The molecule has 0 aliphatic rings. The van der Waals surface area contributed by atoms with Crippen molar-refractivity contribution in [1.29, 1.82) is 0 Å². The number of methoxy groups -OCH3 is 1. The third-order valence-corrected chi connectivity index (χ3v) is 3.21. The molecule has 1 atom stereocenters. The number of hydrogen-bond donors (Lipinski definition) is 1. The largest absolute Gasteiger partial charge is 0.467 e. The standard InChI is InChI=1S/C17H18N2O3/c1-12-6-5-7-13(10-12)11-15(17(21)22-2)19-16(20)14-8-3-4-9-18-14/h3-10,15H,11H2,1-2H3,(H,19,20)/t15-/m1/s1. The lowest BCUT2D eigenvalue weighted by Gasteiger charge is -2.16. The monoisotopic (exact) mass is 298 g/mol. The summed E-state index contributed by atoms with van der Waals surface area (Å²) in [5.41, 5.74) is 2.31. The molecule has 0 radical (unpaired) electrons. The van der Waals surface area contributed by atoms with Gasteiger partial charge in [-0.3, -0.25) is 9.78 Å². The molecular weight excluding hydrogens is 280 g/mol. The zero-order valence-corrected chi connectivity index (χ0v) is 12.6. The fourth-order valence-electron chi connectivity index (χ4n) is 2.14. The van der Waals surface area contributed by atoms with Crippen molar-refractivity contribution in [3.05, 3.63) is 65.5 Å². The summed E-state index contributed by atoms with van der Waals surface area (Å²) in [7, 11) is 1.30. The van der Waals surface area contributed by atoms with Gasteiger partial charge in [0.1, 0.15) is 11.7 Å². The van der Waals surface area contributed by atoms with Crippen LogP contribution < -0.4 is 5.32 Å². The van der Waals surface area contributed by atoms with Gasteiger partial charge in [-0.25, -0.2) is 4.79 Å². The number of aryl methyl sites for hydroxylation is 1. The van der Waals surface area contributed by atoms with E-state index in [1.807, 2.05) is 31.2 Å². The number of carbonyl (C=O) groups excluding carboxylic acids is 2. The third-order valence-electron chi connectivity index (χ3n) is 3.21. The second-order valence-electron chi connectivity index (χ2n) is 4.96. The van der Waals surface area contributed by atoms with Crippen LogP contribution in [0.5, 0.6) is 0 Å². The molecule has 2 rings (SSSR count). The molecule has 0 saturated carbocycles. The highest BCUT2D eigenvalue weighted by atomic mass is 16.5. The van der Waals surface area contributed by atoms with Crippen LogP contribution in [0.1, 0.15) is 21.6 Å². The number of nitrogens with zero attached hydrogens (tertiary/aromatic N) is 1. The van der Waals surface area contributed by atoms with Crippen molar-refractivity contribution in [2.45, 2.75) is 19.4 Å². The molecule has 0 spiro atoms. The Morgan fingerprint density at radius 1 is 1.23 bits per heavy atom. The van der Waals surface area contributed by atoms with Crippen LogP contribution in [0.25, 0.3) is 0 Å². The highest BCUT2D eigenvalue weighted by molar-refractivity contribution is 5.95. The summed E-state index contributed by atoms with van der Waals surface area (Å²) in [6.45, 7) is 1.98. The Bertz CT molecular complexity index is 656. The average Bonchev–Trinajstić information content (AvgIpc) is 2.54. The number of ether oxygens (including phenoxy) is 1. The van der Waals surface area contributed by atoms with Gasteiger partial charge in [0, 0.05) is 12.6 Å². The lowest BCUT2D eigenvalue weighted by atomic mass is 10.0. The molecule has 1 aromatic carbocycles. The van der Waals surface area contributed by atoms with Crippen LogP contribution in [0.4, 0.5) is 0 Å². The summed E-state index contributed by atoms with van der Waals surface area (Å²) >= 11 is 0. The maximum absolute atomic E-state index is 12.2. The molecular formula is C17H18N2O3. The predicted octanol–water partition coefficient (Wildman–Crippen LogP) is 1.90. The average molecular weight is 298 g/mol. The molecule has 0 saturated heterocycles. The van der Waals surface area contributed by atoms with E-state index >= 15 is 0 Å². The molecule has 0 unspecified atom stereocenters. The molecule has 0 bridgehead atoms. The number of benzene rings is 1. The highest BCUT2D eigenvalue weighted by Gasteiger charge is 2.23. The SMILES string of the molecule is COC(=O)[C@@H](Cc1cccc(C)c1)NC(=O)c1ccccn1. The van der Waals surface area contributed by atoms with Crippen molar-refractivity contribution in [3.63, 3.8) is 0 Å². The van der Waals surface area contributed by atoms with Crippen molar-refractivity contribution >= 4 is 11.9 Å². The molecule has 5 heteroatoms. The van der Waals surface area contributed by atoms with Crippen molar-refractivity contribution in [2.75, 3.05) is 7.11 Å². The van der Waals surface area contributed by atoms with Gasteiger partial charge in [-0.05, 0) is 24.6 Å². The van der Waals surface area contributed by atoms with Gasteiger partial charge in [-0.2, -0.15) is 0 Å². The first-order valence-electron chi connectivity index (χ1n) is 6.95. The van der Waals surface area contributed by atoms with E-state index in [4.69, 9.17) is 4.74 Å². The Morgan fingerprint density at radius 3 is 2.68 bits per heavy atom. The first kappa shape index (κ1) is 15.7. The number of pyridine rings is 1. The third kappa shape index (κ3) is 4.15. The van der Waals surface area contributed by atoms with Crippen molar-refractivity contribution in [2.24, 2.45) is 0 Å². The van der Waals surface area contributed by atoms with E-state index in [0.29, 0.717) is 6.42 Å². The van der Waals surface area contributed by atoms with Crippen LogP contribution in [0.3, 0.4) is 0 Å². The summed E-state index contributed by atoms with van der Waals surface area (Å²) in [6.07, 6.45) is 1.90. The Kier molecular flexibility index (Phi) is 5.25. The second-order valence-corrected chi connectivity index (χ2v) is 4.96. The summed E-state index contributed by atoms with van der Waals surface area (Å²) < 4.78 is 4.78. The van der Waals surface area contributed by atoms with Crippen molar-refractivity contribution in [1.82, 2.24) is 10.3 Å². The second kappa shape index (κ2) is 7.36. The number of esters is 1. The minimum absolute atomic E-state index is 0.264. The van der Waals surface area contributed by atoms with E-state index in [9.17, 15) is 9.59 Å². The van der Waals surface area contributed by atoms with Gasteiger partial charge in [0.05, 0.1) is 7.11 Å². The quantitative estimate of drug-likeness (QED) is 0.856. The number of aromatic nitrogens is 1. The van der Waals surface area contributed by atoms with Crippen LogP contribution in [0, 0.1) is 6.92 Å². The van der Waals surface area contributed by atoms with Gasteiger partial charge in [-0.15, -0.1) is 0 Å². The Balaban J connectivity index is 2.13. The van der Waals surface area contributed by atoms with E-state index in [1.165, 1.54) is 13.3 Å². The first-order valence-corrected chi connectivity index (χ1v) is 6.95. The van der Waals surface area contributed by atoms with Crippen LogP contribution >= 0.6 is 0 Å². The number of amides is 1. The highest BCUT2D eigenvalue weighted by Crippen LogP contribution is 2.08. The van der Waals surface area contributed by atoms with Crippen LogP contribution in [0.15, 0.2) is 48.7 Å². The summed E-state index contributed by atoms with van der Waals surface area (Å²) in [4.78, 5) is 28.0. The lowest BCUT2D eigenvalue weighted by Crippen LogP contribution is -2.43. The molecule has 2 aromatic rings. The summed E-state index contributed by atoms with van der Waals surface area (Å²) in [5.74, 6) is -0.880. The van der Waals surface area contributed by atoms with E-state index in [0.717, 1.165) is 11.1 Å². The molecule has 1 aromatic heterocycles. The number of hydrogen-bond acceptors (Lipinski definition) is 4. The predicted molar refractivity (Wildman–Crippen MR) is 82.4 cm³/mol. The number of rotatable bonds is 5. The van der Waals surface area contributed by atoms with Gasteiger partial charge in [0.15, 0.2) is 0 Å².